The van der Waals surface area contributed by atoms with Crippen LogP contribution in [0, 0.1) is 0 Å². The van der Waals surface area contributed by atoms with Crippen molar-refractivity contribution in [3.8, 4) is 22.5 Å². The number of nitrogen functional groups attached to an aromatic ring is 1. The van der Waals surface area contributed by atoms with Crippen molar-refractivity contribution >= 4 is 33.1 Å². The molecule has 0 saturated heterocycles. The van der Waals surface area contributed by atoms with Crippen LogP contribution in [0.25, 0.3) is 22.5 Å². The largest absolute Gasteiger partial charge is 0.380 e. The maximum atomic E-state index is 5.93. The van der Waals surface area contributed by atoms with Gasteiger partial charge in [0.2, 0.25) is 0 Å². The van der Waals surface area contributed by atoms with Crippen LogP contribution < -0.4 is 5.73 Å². The summed E-state index contributed by atoms with van der Waals surface area (Å²) in [6.45, 7) is 0. The van der Waals surface area contributed by atoms with Crippen molar-refractivity contribution < 1.29 is 4.52 Å². The molecule has 3 rings (SSSR count). The Morgan fingerprint density at radius 3 is 2.78 bits per heavy atom. The van der Waals surface area contributed by atoms with Crippen molar-refractivity contribution in [2.45, 2.75) is 0 Å². The van der Waals surface area contributed by atoms with Gasteiger partial charge in [0, 0.05) is 21.0 Å². The van der Waals surface area contributed by atoms with Crippen LogP contribution in [0.1, 0.15) is 0 Å². The van der Waals surface area contributed by atoms with Gasteiger partial charge in [-0.2, -0.15) is 11.3 Å². The molecule has 0 amide bonds. The second-order valence-electron chi connectivity index (χ2n) is 3.76. The highest BCUT2D eigenvalue weighted by Gasteiger charge is 2.19. The molecule has 0 radical (unpaired) electrons. The fourth-order valence-corrected chi connectivity index (χ4v) is 2.94. The lowest BCUT2D eigenvalue weighted by Gasteiger charge is -2.03. The highest BCUT2D eigenvalue weighted by molar-refractivity contribution is 9.10. The molecule has 18 heavy (non-hydrogen) atoms. The smallest absolute Gasteiger partial charge is 0.177 e. The third-order valence-corrected chi connectivity index (χ3v) is 4.02. The summed E-state index contributed by atoms with van der Waals surface area (Å²) < 4.78 is 6.33. The molecule has 0 saturated carbocycles. The Morgan fingerprint density at radius 2 is 2.06 bits per heavy atom. The first-order valence-electron chi connectivity index (χ1n) is 5.30. The number of nitrogens with two attached hydrogens (primary N) is 1. The minimum atomic E-state index is 0.406. The first-order valence-corrected chi connectivity index (χ1v) is 7.03. The molecule has 2 N–H and O–H groups in total. The van der Waals surface area contributed by atoms with Crippen LogP contribution in [0.3, 0.4) is 0 Å². The van der Waals surface area contributed by atoms with Crippen molar-refractivity contribution in [3.05, 3.63) is 45.6 Å². The number of aromatic nitrogens is 1. The summed E-state index contributed by atoms with van der Waals surface area (Å²) >= 11 is 5.14. The number of thiophene rings is 1. The average molecular weight is 321 g/mol. The van der Waals surface area contributed by atoms with Gasteiger partial charge in [-0.1, -0.05) is 39.3 Å². The Hall–Kier alpha value is -1.59. The van der Waals surface area contributed by atoms with Crippen LogP contribution >= 0.6 is 27.3 Å². The molecule has 2 heterocycles. The predicted molar refractivity (Wildman–Crippen MR) is 77.4 cm³/mol. The molecule has 0 aliphatic carbocycles. The van der Waals surface area contributed by atoms with Crippen LogP contribution in [0.2, 0.25) is 0 Å². The molecule has 2 aromatic heterocycles. The minimum Gasteiger partial charge on any atom is -0.380 e. The minimum absolute atomic E-state index is 0.406. The van der Waals surface area contributed by atoms with E-state index in [1.54, 1.807) is 11.3 Å². The van der Waals surface area contributed by atoms with E-state index in [1.807, 2.05) is 41.1 Å². The van der Waals surface area contributed by atoms with Crippen molar-refractivity contribution in [1.82, 2.24) is 5.16 Å². The zero-order valence-electron chi connectivity index (χ0n) is 9.26. The lowest BCUT2D eigenvalue weighted by molar-refractivity contribution is 0.436. The normalized spacial score (nSPS) is 10.7. The van der Waals surface area contributed by atoms with E-state index >= 15 is 0 Å². The molecule has 1 aromatic carbocycles. The lowest BCUT2D eigenvalue weighted by Crippen LogP contribution is -1.89. The summed E-state index contributed by atoms with van der Waals surface area (Å²) in [6.07, 6.45) is 0. The van der Waals surface area contributed by atoms with Gasteiger partial charge >= 0.3 is 0 Å². The third kappa shape index (κ3) is 1.85. The van der Waals surface area contributed by atoms with Crippen molar-refractivity contribution in [3.63, 3.8) is 0 Å². The summed E-state index contributed by atoms with van der Waals surface area (Å²) in [5.74, 6) is 1.11. The van der Waals surface area contributed by atoms with E-state index in [-0.39, 0.29) is 0 Å². The fourth-order valence-electron chi connectivity index (χ4n) is 1.82. The zero-order valence-corrected chi connectivity index (χ0v) is 11.7. The molecule has 0 atom stereocenters. The second-order valence-corrected chi connectivity index (χ2v) is 5.40. The van der Waals surface area contributed by atoms with E-state index in [1.165, 1.54) is 0 Å². The molecule has 0 aliphatic rings. The van der Waals surface area contributed by atoms with E-state index in [2.05, 4.69) is 21.1 Å². The summed E-state index contributed by atoms with van der Waals surface area (Å²) in [6, 6.07) is 9.87. The fraction of sp³-hybridized carbons (Fsp3) is 0. The number of halogens is 1. The van der Waals surface area contributed by atoms with Gasteiger partial charge in [-0.05, 0) is 17.5 Å². The number of hydrogen-bond donors (Lipinski definition) is 1. The molecule has 0 spiro atoms. The Bertz CT molecular complexity index is 676. The molecule has 0 unspecified atom stereocenters. The van der Waals surface area contributed by atoms with Crippen molar-refractivity contribution in [1.29, 1.82) is 0 Å². The van der Waals surface area contributed by atoms with E-state index in [4.69, 9.17) is 10.3 Å². The molecule has 90 valence electrons. The number of hydrogen-bond acceptors (Lipinski definition) is 4. The molecule has 3 nitrogen and oxygen atoms in total. The van der Waals surface area contributed by atoms with Crippen LogP contribution in [-0.2, 0) is 0 Å². The first kappa shape index (κ1) is 11.5. The van der Waals surface area contributed by atoms with Crippen molar-refractivity contribution in [2.24, 2.45) is 0 Å². The number of rotatable bonds is 2. The van der Waals surface area contributed by atoms with Gasteiger partial charge in [0.25, 0.3) is 0 Å². The van der Waals surface area contributed by atoms with Crippen LogP contribution in [0.5, 0.6) is 0 Å². The second kappa shape index (κ2) is 4.59. The lowest BCUT2D eigenvalue weighted by atomic mass is 10.0. The number of anilines is 1. The Morgan fingerprint density at radius 1 is 1.22 bits per heavy atom. The van der Waals surface area contributed by atoms with E-state index in [9.17, 15) is 0 Å². The average Bonchev–Trinajstić information content (AvgIpc) is 2.99. The van der Waals surface area contributed by atoms with Gasteiger partial charge in [-0.3, -0.25) is 0 Å². The highest BCUT2D eigenvalue weighted by Crippen LogP contribution is 2.40. The van der Waals surface area contributed by atoms with Gasteiger partial charge in [-0.25, -0.2) is 0 Å². The molecule has 0 bridgehead atoms. The van der Waals surface area contributed by atoms with Crippen molar-refractivity contribution in [2.75, 3.05) is 5.73 Å². The monoisotopic (exact) mass is 320 g/mol. The molecule has 5 heteroatoms. The Labute approximate surface area is 116 Å². The summed E-state index contributed by atoms with van der Waals surface area (Å²) in [5, 5.41) is 7.89. The SMILES string of the molecule is Nc1noc(-c2ccsc2)c1-c1ccccc1Br. The Kier molecular flexibility index (Phi) is 2.93. The maximum absolute atomic E-state index is 5.93. The number of benzene rings is 1. The molecule has 0 fully saturated rings. The van der Waals surface area contributed by atoms with E-state index < -0.39 is 0 Å². The van der Waals surface area contributed by atoms with Gasteiger partial charge in [0.15, 0.2) is 11.6 Å². The van der Waals surface area contributed by atoms with Gasteiger partial charge in [0.05, 0.1) is 5.56 Å². The maximum Gasteiger partial charge on any atom is 0.177 e. The van der Waals surface area contributed by atoms with E-state index in [0.29, 0.717) is 11.6 Å². The third-order valence-electron chi connectivity index (χ3n) is 2.65. The first-order chi connectivity index (χ1) is 8.77. The van der Waals surface area contributed by atoms with E-state index in [0.717, 1.165) is 21.2 Å². The summed E-state index contributed by atoms with van der Waals surface area (Å²) in [7, 11) is 0. The van der Waals surface area contributed by atoms with Gasteiger partial charge in [-0.15, -0.1) is 0 Å². The van der Waals surface area contributed by atoms with Crippen LogP contribution in [0.4, 0.5) is 5.82 Å². The van der Waals surface area contributed by atoms with Gasteiger partial charge < -0.3 is 10.3 Å². The standard InChI is InChI=1S/C13H9BrN2OS/c14-10-4-2-1-3-9(10)11-12(17-16-13(11)15)8-5-6-18-7-8/h1-7H,(H2,15,16). The molecular formula is C13H9BrN2OS. The zero-order chi connectivity index (χ0) is 12.5. The summed E-state index contributed by atoms with van der Waals surface area (Å²) in [4.78, 5) is 0. The highest BCUT2D eigenvalue weighted by atomic mass is 79.9. The number of nitrogens with zero attached hydrogens (tertiary/aromatic N) is 1. The van der Waals surface area contributed by atoms with Gasteiger partial charge in [0.1, 0.15) is 0 Å². The molecule has 3 aromatic rings. The molecular weight excluding hydrogens is 312 g/mol. The topological polar surface area (TPSA) is 52.0 Å². The predicted octanol–water partition coefficient (Wildman–Crippen LogP) is 4.41. The quantitative estimate of drug-likeness (QED) is 0.760. The van der Waals surface area contributed by atoms with Crippen LogP contribution in [-0.4, -0.2) is 5.16 Å². The Balaban J connectivity index is 2.24. The summed E-state index contributed by atoms with van der Waals surface area (Å²) in [5.41, 5.74) is 8.74. The molecule has 0 aliphatic heterocycles. The van der Waals surface area contributed by atoms with Crippen LogP contribution in [0.15, 0.2) is 50.1 Å².